The molecular weight excluding hydrogens is 774 g/mol. The zero-order valence-electron chi connectivity index (χ0n) is 38.0. The number of rotatable bonds is 36. The molecular formula is C46H84N2O8Zn. The molecule has 0 aromatic rings. The van der Waals surface area contributed by atoms with Gasteiger partial charge >= 0.3 is 19.5 Å². The van der Waals surface area contributed by atoms with E-state index in [4.69, 9.17) is 0 Å². The molecule has 0 radical (unpaired) electrons. The number of carboxylic acid groups (broad SMARTS) is 2. The van der Waals surface area contributed by atoms with Gasteiger partial charge in [-0.05, 0) is 75.0 Å². The fourth-order valence-electron chi connectivity index (χ4n) is 7.07. The van der Waals surface area contributed by atoms with Crippen LogP contribution in [0.4, 0.5) is 0 Å². The van der Waals surface area contributed by atoms with Crippen molar-refractivity contribution in [2.45, 2.75) is 209 Å². The topological polar surface area (TPSA) is 155 Å². The third kappa shape index (κ3) is 33.4. The first kappa shape index (κ1) is 59.2. The van der Waals surface area contributed by atoms with Gasteiger partial charge in [-0.3, -0.25) is 19.2 Å². The summed E-state index contributed by atoms with van der Waals surface area (Å²) in [6.07, 6.45) is 18.1. The van der Waals surface area contributed by atoms with Crippen molar-refractivity contribution in [2.75, 3.05) is 26.2 Å². The van der Waals surface area contributed by atoms with Gasteiger partial charge in [-0.2, -0.15) is 0 Å². The molecule has 4 unspecified atom stereocenters. The number of ketones is 2. The Kier molecular flexibility index (Phi) is 40.8. The van der Waals surface area contributed by atoms with Crippen molar-refractivity contribution in [3.05, 3.63) is 0 Å². The first-order valence-electron chi connectivity index (χ1n) is 22.7. The van der Waals surface area contributed by atoms with Gasteiger partial charge < -0.3 is 29.6 Å². The Labute approximate surface area is 361 Å². The Morgan fingerprint density at radius 2 is 0.649 bits per heavy atom. The SMILES string of the molecule is CCCCC(CC)CN(CC(CC)CCCC)C(=O)CC(=O)CCCC(=O)[O-].CCCCC(CC)CN(CC(CC)CCCC)C(=O)CC(=O)CCCC(=O)[O-].[Zn+2]. The van der Waals surface area contributed by atoms with Crippen molar-refractivity contribution in [2.24, 2.45) is 23.7 Å². The van der Waals surface area contributed by atoms with E-state index in [2.05, 4.69) is 55.4 Å². The summed E-state index contributed by atoms with van der Waals surface area (Å²) in [6, 6.07) is 0. The normalized spacial score (nSPS) is 12.9. The van der Waals surface area contributed by atoms with Gasteiger partial charge in [-0.1, -0.05) is 132 Å². The molecule has 0 fully saturated rings. The summed E-state index contributed by atoms with van der Waals surface area (Å²) in [4.78, 5) is 74.9. The van der Waals surface area contributed by atoms with Crippen LogP contribution in [0.15, 0.2) is 0 Å². The molecule has 57 heavy (non-hydrogen) atoms. The maximum Gasteiger partial charge on any atom is 2.00 e. The van der Waals surface area contributed by atoms with Crippen molar-refractivity contribution in [3.8, 4) is 0 Å². The third-order valence-electron chi connectivity index (χ3n) is 11.2. The van der Waals surface area contributed by atoms with Crippen LogP contribution < -0.4 is 10.2 Å². The van der Waals surface area contributed by atoms with Gasteiger partial charge in [0.05, 0.1) is 12.8 Å². The Hall–Kier alpha value is -2.16. The molecule has 10 nitrogen and oxygen atoms in total. The number of amides is 2. The molecule has 0 bridgehead atoms. The minimum atomic E-state index is -1.15. The average Bonchev–Trinajstić information content (AvgIpc) is 3.16. The number of nitrogens with zero attached hydrogens (tertiary/aromatic N) is 2. The number of carbonyl (C=O) groups excluding carboxylic acids is 6. The molecule has 0 aliphatic carbocycles. The Balaban J connectivity index is -0.00000101. The maximum atomic E-state index is 12.9. The molecule has 4 atom stereocenters. The van der Waals surface area contributed by atoms with Crippen LogP contribution in [0.3, 0.4) is 0 Å². The van der Waals surface area contributed by atoms with E-state index in [1.54, 1.807) is 0 Å². The summed E-state index contributed by atoms with van der Waals surface area (Å²) in [5, 5.41) is 21.0. The van der Waals surface area contributed by atoms with Crippen LogP contribution in [-0.2, 0) is 48.2 Å². The average molecular weight is 859 g/mol. The van der Waals surface area contributed by atoms with E-state index in [-0.39, 0.29) is 94.2 Å². The van der Waals surface area contributed by atoms with Crippen molar-refractivity contribution < 1.29 is 58.5 Å². The number of aliphatic carboxylic acids is 2. The second-order valence-corrected chi connectivity index (χ2v) is 16.1. The van der Waals surface area contributed by atoms with Crippen LogP contribution in [0, 0.1) is 23.7 Å². The second-order valence-electron chi connectivity index (χ2n) is 16.1. The number of hydrogen-bond acceptors (Lipinski definition) is 8. The smallest absolute Gasteiger partial charge is 0.550 e. The zero-order valence-corrected chi connectivity index (χ0v) is 40.9. The quantitative estimate of drug-likeness (QED) is 0.0451. The molecule has 0 heterocycles. The summed E-state index contributed by atoms with van der Waals surface area (Å²) in [6.45, 7) is 20.3. The number of unbranched alkanes of at least 4 members (excludes halogenated alkanes) is 4. The number of carboxylic acids is 2. The minimum Gasteiger partial charge on any atom is -0.550 e. The van der Waals surface area contributed by atoms with Crippen molar-refractivity contribution in [1.29, 1.82) is 0 Å². The van der Waals surface area contributed by atoms with Crippen LogP contribution in [0.25, 0.3) is 0 Å². The Bertz CT molecular complexity index is 953. The maximum absolute atomic E-state index is 12.9. The Morgan fingerprint density at radius 3 is 0.842 bits per heavy atom. The van der Waals surface area contributed by atoms with Gasteiger partial charge in [0.25, 0.3) is 0 Å². The predicted octanol–water partition coefficient (Wildman–Crippen LogP) is 8.25. The summed E-state index contributed by atoms with van der Waals surface area (Å²) in [5.41, 5.74) is 0. The first-order valence-corrected chi connectivity index (χ1v) is 22.7. The molecule has 0 saturated heterocycles. The van der Waals surface area contributed by atoms with E-state index in [1.807, 2.05) is 9.80 Å². The fraction of sp³-hybridized carbons (Fsp3) is 0.870. The van der Waals surface area contributed by atoms with E-state index >= 15 is 0 Å². The van der Waals surface area contributed by atoms with Crippen LogP contribution in [0.5, 0.6) is 0 Å². The first-order chi connectivity index (χ1) is 26.7. The van der Waals surface area contributed by atoms with Crippen molar-refractivity contribution in [3.63, 3.8) is 0 Å². The van der Waals surface area contributed by atoms with Crippen LogP contribution in [-0.4, -0.2) is 71.3 Å². The second kappa shape index (κ2) is 39.3. The molecule has 0 aromatic heterocycles. The monoisotopic (exact) mass is 857 g/mol. The summed E-state index contributed by atoms with van der Waals surface area (Å²) >= 11 is 0. The molecule has 11 heteroatoms. The third-order valence-corrected chi connectivity index (χ3v) is 11.2. The van der Waals surface area contributed by atoms with Gasteiger partial charge in [0.1, 0.15) is 11.6 Å². The molecule has 328 valence electrons. The minimum absolute atomic E-state index is 0. The standard InChI is InChI=1S/2C23H43NO4.Zn/c2*1-5-9-12-19(7-3)17-24(18-20(8-4)13-10-6-2)22(26)16-21(25)14-11-15-23(27)28;/h2*19-20H,5-18H2,1-4H3,(H,27,28);/q;;+2/p-2. The molecule has 0 spiro atoms. The summed E-state index contributed by atoms with van der Waals surface area (Å²) < 4.78 is 0. The number of carbonyl (C=O) groups is 6. The molecule has 0 aliphatic rings. The molecule has 0 aliphatic heterocycles. The van der Waals surface area contributed by atoms with Crippen molar-refractivity contribution >= 4 is 35.3 Å². The van der Waals surface area contributed by atoms with E-state index < -0.39 is 11.9 Å². The van der Waals surface area contributed by atoms with Gasteiger partial charge in [0.15, 0.2) is 0 Å². The largest absolute Gasteiger partial charge is 2.00 e. The molecule has 0 rings (SSSR count). The molecule has 0 saturated carbocycles. The van der Waals surface area contributed by atoms with Crippen LogP contribution >= 0.6 is 0 Å². The zero-order chi connectivity index (χ0) is 42.7. The predicted molar refractivity (Wildman–Crippen MR) is 223 cm³/mol. The summed E-state index contributed by atoms with van der Waals surface area (Å²) in [5.74, 6) is -0.929. The number of Topliss-reactive ketones (excluding diaryl/α,β-unsaturated/α-hetero) is 2. The van der Waals surface area contributed by atoms with Crippen LogP contribution in [0.2, 0.25) is 0 Å². The molecule has 0 aromatic carbocycles. The van der Waals surface area contributed by atoms with Gasteiger partial charge in [-0.15, -0.1) is 0 Å². The van der Waals surface area contributed by atoms with E-state index in [0.29, 0.717) is 23.7 Å². The van der Waals surface area contributed by atoms with Gasteiger partial charge in [0.2, 0.25) is 11.8 Å². The van der Waals surface area contributed by atoms with E-state index in [0.717, 1.165) is 129 Å². The fourth-order valence-corrected chi connectivity index (χ4v) is 7.07. The Morgan fingerprint density at radius 1 is 0.404 bits per heavy atom. The number of hydrogen-bond donors (Lipinski definition) is 0. The molecule has 2 amide bonds. The molecule has 0 N–H and O–H groups in total. The van der Waals surface area contributed by atoms with Crippen LogP contribution in [0.1, 0.15) is 209 Å². The van der Waals surface area contributed by atoms with E-state index in [1.165, 1.54) is 0 Å². The van der Waals surface area contributed by atoms with Gasteiger partial charge in [0, 0.05) is 51.0 Å². The summed E-state index contributed by atoms with van der Waals surface area (Å²) in [7, 11) is 0. The van der Waals surface area contributed by atoms with Crippen molar-refractivity contribution in [1.82, 2.24) is 9.80 Å². The van der Waals surface area contributed by atoms with E-state index in [9.17, 15) is 39.0 Å². The van der Waals surface area contributed by atoms with Gasteiger partial charge in [-0.25, -0.2) is 0 Å².